The smallest absolute Gasteiger partial charge is 0.267 e. The quantitative estimate of drug-likeness (QED) is 0.574. The molecule has 0 fully saturated rings. The maximum absolute atomic E-state index is 12.2. The third kappa shape index (κ3) is 4.42. The first-order chi connectivity index (χ1) is 10.6. The molecule has 0 bridgehead atoms. The van der Waals surface area contributed by atoms with Crippen molar-refractivity contribution in [2.24, 2.45) is 5.10 Å². The number of hydrogen-bond donors (Lipinski definition) is 1. The van der Waals surface area contributed by atoms with Gasteiger partial charge in [0.25, 0.3) is 5.91 Å². The van der Waals surface area contributed by atoms with Crippen molar-refractivity contribution in [2.75, 3.05) is 0 Å². The Morgan fingerprint density at radius 3 is 2.50 bits per heavy atom. The third-order valence-corrected chi connectivity index (χ3v) is 4.02. The molecule has 0 heterocycles. The van der Waals surface area contributed by atoms with E-state index >= 15 is 0 Å². The van der Waals surface area contributed by atoms with Gasteiger partial charge in [0.15, 0.2) is 0 Å². The SMILES string of the molecule is CCCC(=NNC(=O)c1ccccc1Br)c1ccc(Cl)cc1. The van der Waals surface area contributed by atoms with E-state index in [0.717, 1.165) is 28.6 Å². The van der Waals surface area contributed by atoms with Crippen molar-refractivity contribution in [3.05, 3.63) is 69.2 Å². The fourth-order valence-electron chi connectivity index (χ4n) is 1.97. The molecular weight excluding hydrogens is 364 g/mol. The molecule has 0 aromatic heterocycles. The van der Waals surface area contributed by atoms with Crippen LogP contribution in [0.15, 0.2) is 58.1 Å². The average Bonchev–Trinajstić information content (AvgIpc) is 2.52. The molecule has 2 rings (SSSR count). The zero-order chi connectivity index (χ0) is 15.9. The van der Waals surface area contributed by atoms with Gasteiger partial charge in [-0.05, 0) is 52.2 Å². The van der Waals surface area contributed by atoms with Gasteiger partial charge >= 0.3 is 0 Å². The summed E-state index contributed by atoms with van der Waals surface area (Å²) >= 11 is 9.27. The van der Waals surface area contributed by atoms with E-state index in [-0.39, 0.29) is 5.91 Å². The summed E-state index contributed by atoms with van der Waals surface area (Å²) in [6.07, 6.45) is 1.71. The summed E-state index contributed by atoms with van der Waals surface area (Å²) in [5.41, 5.74) is 4.97. The lowest BCUT2D eigenvalue weighted by Crippen LogP contribution is -2.20. The van der Waals surface area contributed by atoms with E-state index in [2.05, 4.69) is 33.4 Å². The zero-order valence-electron chi connectivity index (χ0n) is 12.1. The van der Waals surface area contributed by atoms with Crippen LogP contribution in [0.3, 0.4) is 0 Å². The van der Waals surface area contributed by atoms with Crippen LogP contribution >= 0.6 is 27.5 Å². The molecule has 1 amide bonds. The summed E-state index contributed by atoms with van der Waals surface area (Å²) in [6.45, 7) is 2.07. The standard InChI is InChI=1S/C17H16BrClN2O/c1-2-5-16(12-8-10-13(19)11-9-12)20-21-17(22)14-6-3-4-7-15(14)18/h3-4,6-11H,2,5H2,1H3,(H,21,22). The largest absolute Gasteiger partial charge is 0.272 e. The minimum absolute atomic E-state index is 0.241. The molecular formula is C17H16BrClN2O. The van der Waals surface area contributed by atoms with Crippen LogP contribution in [-0.4, -0.2) is 11.6 Å². The number of carbonyl (C=O) groups excluding carboxylic acids is 1. The Morgan fingerprint density at radius 1 is 1.18 bits per heavy atom. The number of carbonyl (C=O) groups is 1. The first kappa shape index (κ1) is 16.7. The molecule has 5 heteroatoms. The van der Waals surface area contributed by atoms with Crippen molar-refractivity contribution in [2.45, 2.75) is 19.8 Å². The first-order valence-electron chi connectivity index (χ1n) is 6.99. The van der Waals surface area contributed by atoms with E-state index in [0.29, 0.717) is 10.6 Å². The van der Waals surface area contributed by atoms with Crippen LogP contribution in [0.2, 0.25) is 5.02 Å². The lowest BCUT2D eigenvalue weighted by atomic mass is 10.1. The summed E-state index contributed by atoms with van der Waals surface area (Å²) in [7, 11) is 0. The first-order valence-corrected chi connectivity index (χ1v) is 8.16. The minimum Gasteiger partial charge on any atom is -0.267 e. The van der Waals surface area contributed by atoms with Gasteiger partial charge in [-0.25, -0.2) is 5.43 Å². The van der Waals surface area contributed by atoms with E-state index in [1.165, 1.54) is 0 Å². The molecule has 2 aromatic rings. The molecule has 0 saturated carbocycles. The molecule has 0 spiro atoms. The van der Waals surface area contributed by atoms with E-state index < -0.39 is 0 Å². The highest BCUT2D eigenvalue weighted by Crippen LogP contribution is 2.16. The molecule has 0 atom stereocenters. The number of benzene rings is 2. The molecule has 0 aliphatic heterocycles. The highest BCUT2D eigenvalue weighted by atomic mass is 79.9. The van der Waals surface area contributed by atoms with Crippen LogP contribution < -0.4 is 5.43 Å². The Hall–Kier alpha value is -1.65. The summed E-state index contributed by atoms with van der Waals surface area (Å²) in [6, 6.07) is 14.7. The fraction of sp³-hybridized carbons (Fsp3) is 0.176. The number of nitrogens with one attached hydrogen (secondary N) is 1. The Labute approximate surface area is 143 Å². The fourth-order valence-corrected chi connectivity index (χ4v) is 2.56. The molecule has 0 radical (unpaired) electrons. The highest BCUT2D eigenvalue weighted by Gasteiger charge is 2.09. The molecule has 0 aliphatic rings. The van der Waals surface area contributed by atoms with Gasteiger partial charge in [-0.15, -0.1) is 0 Å². The second-order valence-corrected chi connectivity index (χ2v) is 6.03. The number of rotatable bonds is 5. The number of amides is 1. The van der Waals surface area contributed by atoms with Crippen molar-refractivity contribution >= 4 is 39.1 Å². The molecule has 2 aromatic carbocycles. The summed E-state index contributed by atoms with van der Waals surface area (Å²) in [5, 5.41) is 4.96. The lowest BCUT2D eigenvalue weighted by Gasteiger charge is -2.07. The molecule has 0 aliphatic carbocycles. The molecule has 3 nitrogen and oxygen atoms in total. The van der Waals surface area contributed by atoms with Crippen LogP contribution in [-0.2, 0) is 0 Å². The van der Waals surface area contributed by atoms with Crippen molar-refractivity contribution < 1.29 is 4.79 Å². The predicted molar refractivity (Wildman–Crippen MR) is 94.5 cm³/mol. The van der Waals surface area contributed by atoms with E-state index in [4.69, 9.17) is 11.6 Å². The minimum atomic E-state index is -0.241. The van der Waals surface area contributed by atoms with Gasteiger partial charge in [-0.2, -0.15) is 5.10 Å². The van der Waals surface area contributed by atoms with E-state index in [1.54, 1.807) is 6.07 Å². The van der Waals surface area contributed by atoms with Crippen molar-refractivity contribution in [3.63, 3.8) is 0 Å². The van der Waals surface area contributed by atoms with Crippen LogP contribution in [0.4, 0.5) is 0 Å². The lowest BCUT2D eigenvalue weighted by molar-refractivity contribution is 0.0954. The van der Waals surface area contributed by atoms with Gasteiger partial charge in [0.2, 0.25) is 0 Å². The number of hydrogen-bond acceptors (Lipinski definition) is 2. The van der Waals surface area contributed by atoms with Gasteiger partial charge in [-0.1, -0.05) is 49.2 Å². The second kappa shape index (κ2) is 8.11. The van der Waals surface area contributed by atoms with Crippen LogP contribution in [0.25, 0.3) is 0 Å². The third-order valence-electron chi connectivity index (χ3n) is 3.08. The topological polar surface area (TPSA) is 41.5 Å². The van der Waals surface area contributed by atoms with E-state index in [1.807, 2.05) is 42.5 Å². The molecule has 0 unspecified atom stereocenters. The Kier molecular flexibility index (Phi) is 6.16. The zero-order valence-corrected chi connectivity index (χ0v) is 14.5. The maximum atomic E-state index is 12.2. The van der Waals surface area contributed by atoms with Crippen molar-refractivity contribution in [1.82, 2.24) is 5.43 Å². The van der Waals surface area contributed by atoms with E-state index in [9.17, 15) is 4.79 Å². The highest BCUT2D eigenvalue weighted by molar-refractivity contribution is 9.10. The summed E-state index contributed by atoms with van der Waals surface area (Å²) < 4.78 is 0.742. The number of nitrogens with zero attached hydrogens (tertiary/aromatic N) is 1. The van der Waals surface area contributed by atoms with Crippen molar-refractivity contribution in [1.29, 1.82) is 0 Å². The van der Waals surface area contributed by atoms with Gasteiger partial charge in [0, 0.05) is 9.50 Å². The molecule has 1 N–H and O–H groups in total. The predicted octanol–water partition coefficient (Wildman–Crippen LogP) is 5.04. The van der Waals surface area contributed by atoms with Gasteiger partial charge in [0.1, 0.15) is 0 Å². The number of halogens is 2. The summed E-state index contributed by atoms with van der Waals surface area (Å²) in [4.78, 5) is 12.2. The van der Waals surface area contributed by atoms with Crippen LogP contribution in [0.5, 0.6) is 0 Å². The number of hydrazone groups is 1. The monoisotopic (exact) mass is 378 g/mol. The second-order valence-electron chi connectivity index (χ2n) is 4.74. The van der Waals surface area contributed by atoms with Crippen molar-refractivity contribution in [3.8, 4) is 0 Å². The molecule has 114 valence electrons. The van der Waals surface area contributed by atoms with Gasteiger partial charge < -0.3 is 0 Å². The van der Waals surface area contributed by atoms with Gasteiger partial charge in [-0.3, -0.25) is 4.79 Å². The Bertz CT molecular complexity index is 683. The average molecular weight is 380 g/mol. The summed E-state index contributed by atoms with van der Waals surface area (Å²) in [5.74, 6) is -0.241. The van der Waals surface area contributed by atoms with Crippen LogP contribution in [0.1, 0.15) is 35.7 Å². The Balaban J connectivity index is 2.18. The molecule has 22 heavy (non-hydrogen) atoms. The Morgan fingerprint density at radius 2 is 1.86 bits per heavy atom. The van der Waals surface area contributed by atoms with Gasteiger partial charge in [0.05, 0.1) is 11.3 Å². The normalized spacial score (nSPS) is 11.3. The maximum Gasteiger partial charge on any atom is 0.272 e. The van der Waals surface area contributed by atoms with Crippen LogP contribution in [0, 0.1) is 0 Å². The molecule has 0 saturated heterocycles.